The summed E-state index contributed by atoms with van der Waals surface area (Å²) < 4.78 is 1.70. The summed E-state index contributed by atoms with van der Waals surface area (Å²) in [6.07, 6.45) is 1.61. The minimum atomic E-state index is 0.0576. The van der Waals surface area contributed by atoms with Crippen molar-refractivity contribution < 1.29 is 0 Å². The fourth-order valence-corrected chi connectivity index (χ4v) is 2.63. The summed E-state index contributed by atoms with van der Waals surface area (Å²) in [6, 6.07) is 8.51. The Labute approximate surface area is 119 Å². The van der Waals surface area contributed by atoms with E-state index in [9.17, 15) is 0 Å². The van der Waals surface area contributed by atoms with Gasteiger partial charge in [0.05, 0.1) is 5.69 Å². The van der Waals surface area contributed by atoms with Crippen LogP contribution in [0, 0.1) is 13.8 Å². The molecule has 1 heterocycles. The number of aromatic nitrogens is 2. The number of aryl methyl sites for hydroxylation is 3. The number of nitrogens with zero attached hydrogens (tertiary/aromatic N) is 2. The lowest BCUT2D eigenvalue weighted by Crippen LogP contribution is -2.25. The molecule has 0 fully saturated rings. The van der Waals surface area contributed by atoms with Crippen molar-refractivity contribution in [2.75, 3.05) is 0 Å². The molecule has 0 amide bonds. The van der Waals surface area contributed by atoms with Crippen LogP contribution in [0.1, 0.15) is 22.4 Å². The molecule has 102 valence electrons. The van der Waals surface area contributed by atoms with Gasteiger partial charge in [-0.15, -0.1) is 0 Å². The van der Waals surface area contributed by atoms with E-state index in [0.717, 1.165) is 24.1 Å². The SMILES string of the molecule is Cc1cccc(CC(N)Cc2c(C)nn(C)c2Cl)c1. The largest absolute Gasteiger partial charge is 0.327 e. The first-order chi connectivity index (χ1) is 8.97. The van der Waals surface area contributed by atoms with Gasteiger partial charge in [0.1, 0.15) is 5.15 Å². The Bertz CT molecular complexity index is 575. The Hall–Kier alpha value is -1.32. The zero-order valence-electron chi connectivity index (χ0n) is 11.7. The molecule has 0 aliphatic rings. The molecule has 4 heteroatoms. The van der Waals surface area contributed by atoms with E-state index in [2.05, 4.69) is 36.3 Å². The quantitative estimate of drug-likeness (QED) is 0.934. The maximum atomic E-state index is 6.24. The molecule has 1 aromatic heterocycles. The molecule has 19 heavy (non-hydrogen) atoms. The summed E-state index contributed by atoms with van der Waals surface area (Å²) in [5.41, 5.74) is 10.8. The first-order valence-electron chi connectivity index (χ1n) is 6.46. The van der Waals surface area contributed by atoms with Gasteiger partial charge in [0.2, 0.25) is 0 Å². The maximum Gasteiger partial charge on any atom is 0.130 e. The van der Waals surface area contributed by atoms with Gasteiger partial charge in [0.25, 0.3) is 0 Å². The highest BCUT2D eigenvalue weighted by atomic mass is 35.5. The number of nitrogens with two attached hydrogens (primary N) is 1. The van der Waals surface area contributed by atoms with Crippen molar-refractivity contribution in [1.82, 2.24) is 9.78 Å². The van der Waals surface area contributed by atoms with Crippen LogP contribution in [0.5, 0.6) is 0 Å². The Kier molecular flexibility index (Phi) is 4.27. The van der Waals surface area contributed by atoms with Crippen molar-refractivity contribution in [3.05, 3.63) is 51.8 Å². The van der Waals surface area contributed by atoms with E-state index in [1.807, 2.05) is 14.0 Å². The number of hydrogen-bond donors (Lipinski definition) is 1. The van der Waals surface area contributed by atoms with Crippen LogP contribution in [-0.4, -0.2) is 15.8 Å². The molecule has 0 radical (unpaired) electrons. The predicted molar refractivity (Wildman–Crippen MR) is 79.5 cm³/mol. The topological polar surface area (TPSA) is 43.8 Å². The van der Waals surface area contributed by atoms with Gasteiger partial charge >= 0.3 is 0 Å². The number of benzene rings is 1. The fourth-order valence-electron chi connectivity index (χ4n) is 2.38. The molecule has 0 aliphatic heterocycles. The van der Waals surface area contributed by atoms with Crippen LogP contribution in [-0.2, 0) is 19.9 Å². The molecule has 0 aliphatic carbocycles. The minimum absolute atomic E-state index is 0.0576. The summed E-state index contributed by atoms with van der Waals surface area (Å²) in [5, 5.41) is 5.01. The minimum Gasteiger partial charge on any atom is -0.327 e. The third-order valence-corrected chi connectivity index (χ3v) is 3.79. The third-order valence-electron chi connectivity index (χ3n) is 3.32. The van der Waals surface area contributed by atoms with E-state index in [-0.39, 0.29) is 6.04 Å². The molecule has 2 N–H and O–H groups in total. The summed E-state index contributed by atoms with van der Waals surface area (Å²) in [5.74, 6) is 0. The van der Waals surface area contributed by atoms with Crippen molar-refractivity contribution in [3.63, 3.8) is 0 Å². The Morgan fingerprint density at radius 3 is 2.63 bits per heavy atom. The Morgan fingerprint density at radius 2 is 2.05 bits per heavy atom. The van der Waals surface area contributed by atoms with E-state index in [1.54, 1.807) is 4.68 Å². The molecule has 1 atom stereocenters. The predicted octanol–water partition coefficient (Wildman–Crippen LogP) is 2.80. The van der Waals surface area contributed by atoms with Gasteiger partial charge in [0, 0.05) is 18.7 Å². The molecular formula is C15H20ClN3. The molecule has 0 saturated heterocycles. The molecule has 3 nitrogen and oxygen atoms in total. The normalized spacial score (nSPS) is 12.7. The monoisotopic (exact) mass is 277 g/mol. The Morgan fingerprint density at radius 1 is 1.32 bits per heavy atom. The van der Waals surface area contributed by atoms with Crippen molar-refractivity contribution in [2.45, 2.75) is 32.7 Å². The molecule has 2 rings (SSSR count). The van der Waals surface area contributed by atoms with Crippen LogP contribution in [0.15, 0.2) is 24.3 Å². The van der Waals surface area contributed by atoms with Crippen LogP contribution in [0.25, 0.3) is 0 Å². The Balaban J connectivity index is 2.07. The molecule has 0 saturated carbocycles. The zero-order chi connectivity index (χ0) is 14.0. The van der Waals surface area contributed by atoms with Crippen molar-refractivity contribution >= 4 is 11.6 Å². The molecule has 0 bridgehead atoms. The number of halogens is 1. The van der Waals surface area contributed by atoms with E-state index >= 15 is 0 Å². The molecule has 1 unspecified atom stereocenters. The number of hydrogen-bond acceptors (Lipinski definition) is 2. The summed E-state index contributed by atoms with van der Waals surface area (Å²) in [4.78, 5) is 0. The van der Waals surface area contributed by atoms with Crippen LogP contribution in [0.2, 0.25) is 5.15 Å². The van der Waals surface area contributed by atoms with Crippen molar-refractivity contribution in [3.8, 4) is 0 Å². The second-order valence-corrected chi connectivity index (χ2v) is 5.49. The van der Waals surface area contributed by atoms with Gasteiger partial charge < -0.3 is 5.73 Å². The van der Waals surface area contributed by atoms with Gasteiger partial charge in [0.15, 0.2) is 0 Å². The highest BCUT2D eigenvalue weighted by molar-refractivity contribution is 6.30. The van der Waals surface area contributed by atoms with Gasteiger partial charge in [-0.25, -0.2) is 0 Å². The smallest absolute Gasteiger partial charge is 0.130 e. The summed E-state index contributed by atoms with van der Waals surface area (Å²) in [6.45, 7) is 4.07. The fraction of sp³-hybridized carbons (Fsp3) is 0.400. The molecular weight excluding hydrogens is 258 g/mol. The maximum absolute atomic E-state index is 6.24. The second kappa shape index (κ2) is 5.76. The molecule has 0 spiro atoms. The molecule has 2 aromatic rings. The lowest BCUT2D eigenvalue weighted by molar-refractivity contribution is 0.662. The van der Waals surface area contributed by atoms with Crippen LogP contribution >= 0.6 is 11.6 Å². The second-order valence-electron chi connectivity index (χ2n) is 5.14. The first kappa shape index (κ1) is 14.1. The van der Waals surface area contributed by atoms with Gasteiger partial charge in [-0.1, -0.05) is 41.4 Å². The average molecular weight is 278 g/mol. The summed E-state index contributed by atoms with van der Waals surface area (Å²) >= 11 is 6.23. The van der Waals surface area contributed by atoms with Gasteiger partial charge in [-0.3, -0.25) is 4.68 Å². The van der Waals surface area contributed by atoms with Gasteiger partial charge in [-0.05, 0) is 32.3 Å². The van der Waals surface area contributed by atoms with Crippen LogP contribution in [0.4, 0.5) is 0 Å². The lowest BCUT2D eigenvalue weighted by atomic mass is 9.99. The van der Waals surface area contributed by atoms with E-state index < -0.39 is 0 Å². The van der Waals surface area contributed by atoms with Crippen LogP contribution in [0.3, 0.4) is 0 Å². The van der Waals surface area contributed by atoms with E-state index in [1.165, 1.54) is 11.1 Å². The van der Waals surface area contributed by atoms with E-state index in [4.69, 9.17) is 17.3 Å². The highest BCUT2D eigenvalue weighted by Gasteiger charge is 2.15. The van der Waals surface area contributed by atoms with Crippen molar-refractivity contribution in [1.29, 1.82) is 0 Å². The van der Waals surface area contributed by atoms with Crippen molar-refractivity contribution in [2.24, 2.45) is 12.8 Å². The third kappa shape index (κ3) is 3.37. The van der Waals surface area contributed by atoms with Crippen LogP contribution < -0.4 is 5.73 Å². The first-order valence-corrected chi connectivity index (χ1v) is 6.84. The lowest BCUT2D eigenvalue weighted by Gasteiger charge is -2.12. The molecule has 1 aromatic carbocycles. The highest BCUT2D eigenvalue weighted by Crippen LogP contribution is 2.20. The number of rotatable bonds is 4. The standard InChI is InChI=1S/C15H20ClN3/c1-10-5-4-6-12(7-10)8-13(17)9-14-11(2)18-19(3)15(14)16/h4-7,13H,8-9,17H2,1-3H3. The van der Waals surface area contributed by atoms with Gasteiger partial charge in [-0.2, -0.15) is 5.10 Å². The zero-order valence-corrected chi connectivity index (χ0v) is 12.4. The summed E-state index contributed by atoms with van der Waals surface area (Å²) in [7, 11) is 1.85. The van der Waals surface area contributed by atoms with E-state index in [0.29, 0.717) is 5.15 Å². The average Bonchev–Trinajstić information content (AvgIpc) is 2.56.